The van der Waals surface area contributed by atoms with Crippen molar-refractivity contribution >= 4 is 39.1 Å². The first-order chi connectivity index (χ1) is 16.0. The van der Waals surface area contributed by atoms with Crippen molar-refractivity contribution < 1.29 is 13.9 Å². The highest BCUT2D eigenvalue weighted by Crippen LogP contribution is 2.35. The Kier molecular flexibility index (Phi) is 6.03. The maximum Gasteiger partial charge on any atom is 0.267 e. The van der Waals surface area contributed by atoms with E-state index in [1.165, 1.54) is 40.9 Å². The van der Waals surface area contributed by atoms with E-state index in [4.69, 9.17) is 9.72 Å². The van der Waals surface area contributed by atoms with Crippen LogP contribution in [0, 0.1) is 5.82 Å². The predicted molar refractivity (Wildman–Crippen MR) is 130 cm³/mol. The molecule has 0 aliphatic heterocycles. The molecule has 4 aromatic rings. The Balaban J connectivity index is 1.58. The Morgan fingerprint density at radius 2 is 1.85 bits per heavy atom. The fourth-order valence-electron chi connectivity index (χ4n) is 4.09. The second kappa shape index (κ2) is 9.11. The molecule has 0 spiro atoms. The fourth-order valence-corrected chi connectivity index (χ4v) is 6.30. The zero-order valence-corrected chi connectivity index (χ0v) is 19.6. The van der Waals surface area contributed by atoms with Gasteiger partial charge in [0, 0.05) is 10.4 Å². The predicted octanol–water partition coefficient (Wildman–Crippen LogP) is 5.45. The van der Waals surface area contributed by atoms with Gasteiger partial charge < -0.3 is 4.74 Å². The molecule has 0 saturated carbocycles. The zero-order valence-electron chi connectivity index (χ0n) is 18.0. The van der Waals surface area contributed by atoms with Crippen molar-refractivity contribution in [1.29, 1.82) is 0 Å². The summed E-state index contributed by atoms with van der Waals surface area (Å²) < 4.78 is 20.1. The van der Waals surface area contributed by atoms with Crippen molar-refractivity contribution in [3.05, 3.63) is 80.7 Å². The number of ketones is 1. The summed E-state index contributed by atoms with van der Waals surface area (Å²) in [5.41, 5.74) is 2.11. The molecule has 2 aromatic carbocycles. The largest absolute Gasteiger partial charge is 0.497 e. The van der Waals surface area contributed by atoms with E-state index in [-0.39, 0.29) is 22.9 Å². The zero-order chi connectivity index (χ0) is 22.9. The number of methoxy groups -OCH3 is 1. The lowest BCUT2D eigenvalue weighted by Crippen LogP contribution is -2.22. The molecule has 33 heavy (non-hydrogen) atoms. The number of nitrogens with zero attached hydrogens (tertiary/aromatic N) is 2. The van der Waals surface area contributed by atoms with Crippen molar-refractivity contribution in [2.75, 3.05) is 12.9 Å². The number of ether oxygens (including phenoxy) is 1. The van der Waals surface area contributed by atoms with E-state index in [0.717, 1.165) is 36.1 Å². The first-order valence-corrected chi connectivity index (χ1v) is 12.5. The fraction of sp³-hybridized carbons (Fsp3) is 0.240. The van der Waals surface area contributed by atoms with Crippen molar-refractivity contribution in [2.24, 2.45) is 0 Å². The normalized spacial score (nSPS) is 13.2. The summed E-state index contributed by atoms with van der Waals surface area (Å²) in [6.45, 7) is 0. The van der Waals surface area contributed by atoms with E-state index in [1.54, 1.807) is 35.1 Å². The molecular weight excluding hydrogens is 459 g/mol. The van der Waals surface area contributed by atoms with E-state index in [0.29, 0.717) is 27.5 Å². The van der Waals surface area contributed by atoms with Crippen LogP contribution in [0.2, 0.25) is 0 Å². The molecule has 0 unspecified atom stereocenters. The van der Waals surface area contributed by atoms with E-state index in [9.17, 15) is 14.0 Å². The number of fused-ring (bicyclic) bond motifs is 3. The summed E-state index contributed by atoms with van der Waals surface area (Å²) in [6.07, 6.45) is 4.07. The van der Waals surface area contributed by atoms with Gasteiger partial charge in [-0.1, -0.05) is 11.8 Å². The van der Waals surface area contributed by atoms with Crippen LogP contribution in [0.15, 0.2) is 58.5 Å². The molecule has 2 aromatic heterocycles. The van der Waals surface area contributed by atoms with Gasteiger partial charge in [0.1, 0.15) is 16.4 Å². The highest BCUT2D eigenvalue weighted by Gasteiger charge is 2.23. The lowest BCUT2D eigenvalue weighted by molar-refractivity contribution is 0.102. The third kappa shape index (κ3) is 4.20. The van der Waals surface area contributed by atoms with Crippen LogP contribution in [0.5, 0.6) is 5.75 Å². The average Bonchev–Trinajstić information content (AvgIpc) is 3.22. The summed E-state index contributed by atoms with van der Waals surface area (Å²) in [5, 5.41) is 1.16. The third-order valence-corrected chi connectivity index (χ3v) is 7.91. The molecule has 1 aliphatic rings. The maximum atomic E-state index is 13.7. The number of hydrogen-bond acceptors (Lipinski definition) is 6. The molecule has 1 aliphatic carbocycles. The van der Waals surface area contributed by atoms with Gasteiger partial charge in [-0.25, -0.2) is 9.37 Å². The number of benzene rings is 2. The number of aryl methyl sites for hydroxylation is 2. The van der Waals surface area contributed by atoms with Gasteiger partial charge >= 0.3 is 0 Å². The molecule has 2 heterocycles. The topological polar surface area (TPSA) is 61.2 Å². The van der Waals surface area contributed by atoms with Gasteiger partial charge in [0.05, 0.1) is 23.9 Å². The number of hydrogen-bond donors (Lipinski definition) is 0. The van der Waals surface area contributed by atoms with Crippen LogP contribution in [0.4, 0.5) is 4.39 Å². The maximum absolute atomic E-state index is 13.7. The van der Waals surface area contributed by atoms with Gasteiger partial charge in [0.2, 0.25) is 0 Å². The number of thioether (sulfide) groups is 1. The number of thiophene rings is 1. The summed E-state index contributed by atoms with van der Waals surface area (Å²) in [5.74, 6) is 0.238. The van der Waals surface area contributed by atoms with Crippen LogP contribution in [0.1, 0.15) is 33.6 Å². The number of rotatable bonds is 6. The van der Waals surface area contributed by atoms with Crippen LogP contribution in [-0.4, -0.2) is 28.2 Å². The molecule has 0 atom stereocenters. The lowest BCUT2D eigenvalue weighted by atomic mass is 9.97. The van der Waals surface area contributed by atoms with Crippen LogP contribution >= 0.6 is 23.1 Å². The molecule has 0 N–H and O–H groups in total. The number of carbonyl (C=O) groups excluding carboxylic acids is 1. The highest BCUT2D eigenvalue weighted by atomic mass is 32.2. The molecule has 0 amide bonds. The van der Waals surface area contributed by atoms with Crippen molar-refractivity contribution in [3.63, 3.8) is 0 Å². The van der Waals surface area contributed by atoms with Crippen LogP contribution in [-0.2, 0) is 12.8 Å². The van der Waals surface area contributed by atoms with Crippen LogP contribution < -0.4 is 10.3 Å². The summed E-state index contributed by atoms with van der Waals surface area (Å²) in [7, 11) is 1.59. The molecule has 0 radical (unpaired) electrons. The third-order valence-electron chi connectivity index (χ3n) is 5.79. The van der Waals surface area contributed by atoms with E-state index < -0.39 is 0 Å². The quantitative estimate of drug-likeness (QED) is 0.209. The van der Waals surface area contributed by atoms with Crippen LogP contribution in [0.25, 0.3) is 15.9 Å². The molecule has 5 rings (SSSR count). The van der Waals surface area contributed by atoms with Crippen molar-refractivity contribution in [2.45, 2.75) is 30.8 Å². The molecular formula is C25H21FN2O3S2. The van der Waals surface area contributed by atoms with Crippen molar-refractivity contribution in [1.82, 2.24) is 9.55 Å². The number of Topliss-reactive ketones (excluding diaryl/α,β-unsaturated/α-hetero) is 1. The van der Waals surface area contributed by atoms with Gasteiger partial charge in [0.25, 0.3) is 5.56 Å². The van der Waals surface area contributed by atoms with E-state index in [2.05, 4.69) is 0 Å². The standard InChI is InChI=1S/C25H21FN2O3S2/c1-31-18-12-10-17(11-13-18)28-24(30)22-19-4-2-3-5-21(19)33-23(22)27-25(28)32-14-20(29)15-6-8-16(26)9-7-15/h6-13H,2-5,14H2,1H3. The molecule has 0 fully saturated rings. The summed E-state index contributed by atoms with van der Waals surface area (Å²) in [4.78, 5) is 33.3. The highest BCUT2D eigenvalue weighted by molar-refractivity contribution is 7.99. The lowest BCUT2D eigenvalue weighted by Gasteiger charge is -2.14. The Hall–Kier alpha value is -2.97. The first kappa shape index (κ1) is 21.9. The van der Waals surface area contributed by atoms with Gasteiger partial charge in [0.15, 0.2) is 10.9 Å². The second-order valence-corrected chi connectivity index (χ2v) is 9.87. The molecule has 5 nitrogen and oxygen atoms in total. The van der Waals surface area contributed by atoms with E-state index in [1.807, 2.05) is 12.1 Å². The molecule has 168 valence electrons. The summed E-state index contributed by atoms with van der Waals surface area (Å²) >= 11 is 2.80. The number of aromatic nitrogens is 2. The smallest absolute Gasteiger partial charge is 0.267 e. The molecule has 0 saturated heterocycles. The summed E-state index contributed by atoms with van der Waals surface area (Å²) in [6, 6.07) is 12.7. The minimum absolute atomic E-state index is 0.0881. The Labute approximate surface area is 198 Å². The number of halogens is 1. The van der Waals surface area contributed by atoms with Crippen molar-refractivity contribution in [3.8, 4) is 11.4 Å². The SMILES string of the molecule is COc1ccc(-n2c(SCC(=O)c3ccc(F)cc3)nc3sc4c(c3c2=O)CCCC4)cc1. The Morgan fingerprint density at radius 3 is 2.58 bits per heavy atom. The second-order valence-electron chi connectivity index (χ2n) is 7.84. The van der Waals surface area contributed by atoms with Gasteiger partial charge in [-0.2, -0.15) is 0 Å². The average molecular weight is 481 g/mol. The Morgan fingerprint density at radius 1 is 1.12 bits per heavy atom. The van der Waals surface area contributed by atoms with Gasteiger partial charge in [-0.05, 0) is 79.8 Å². The Bertz CT molecular complexity index is 1390. The monoisotopic (exact) mass is 480 g/mol. The van der Waals surface area contributed by atoms with E-state index >= 15 is 0 Å². The van der Waals surface area contributed by atoms with Gasteiger partial charge in [-0.15, -0.1) is 11.3 Å². The first-order valence-electron chi connectivity index (χ1n) is 10.7. The molecule has 0 bridgehead atoms. The molecule has 8 heteroatoms. The minimum Gasteiger partial charge on any atom is -0.497 e. The van der Waals surface area contributed by atoms with Crippen LogP contribution in [0.3, 0.4) is 0 Å². The minimum atomic E-state index is -0.388. The van der Waals surface area contributed by atoms with Gasteiger partial charge in [-0.3, -0.25) is 14.2 Å². The number of carbonyl (C=O) groups is 1.